The fraction of sp³-hybridized carbons (Fsp3) is 0.0714. The second-order valence-corrected chi connectivity index (χ2v) is 5.93. The van der Waals surface area contributed by atoms with Crippen LogP contribution in [0.15, 0.2) is 45.5 Å². The van der Waals surface area contributed by atoms with Crippen molar-refractivity contribution in [1.82, 2.24) is 10.3 Å². The molecule has 0 radical (unpaired) electrons. The number of carboxylic acids is 1. The molecule has 2 N–H and O–H groups in total. The summed E-state index contributed by atoms with van der Waals surface area (Å²) in [7, 11) is 0. The molecule has 1 amide bonds. The smallest absolute Gasteiger partial charge is 0.354 e. The summed E-state index contributed by atoms with van der Waals surface area (Å²) in [6, 6.07) is 8.29. The topological polar surface area (TPSA) is 79.3 Å². The Labute approximate surface area is 137 Å². The van der Waals surface area contributed by atoms with Crippen molar-refractivity contribution in [3.8, 4) is 0 Å². The highest BCUT2D eigenvalue weighted by Gasteiger charge is 2.10. The van der Waals surface area contributed by atoms with E-state index in [1.54, 1.807) is 24.3 Å². The Morgan fingerprint density at radius 1 is 1.19 bits per heavy atom. The van der Waals surface area contributed by atoms with Crippen LogP contribution in [0.5, 0.6) is 0 Å². The van der Waals surface area contributed by atoms with E-state index < -0.39 is 5.97 Å². The molecular formula is C14H10Br2N2O3. The minimum Gasteiger partial charge on any atom is -0.477 e. The first-order valence-corrected chi connectivity index (χ1v) is 7.47. The highest BCUT2D eigenvalue weighted by molar-refractivity contribution is 9.11. The van der Waals surface area contributed by atoms with Crippen LogP contribution in [-0.2, 0) is 6.54 Å². The summed E-state index contributed by atoms with van der Waals surface area (Å²) in [4.78, 5) is 26.5. The maximum Gasteiger partial charge on any atom is 0.354 e. The Bertz CT molecular complexity index is 687. The zero-order valence-electron chi connectivity index (χ0n) is 10.6. The van der Waals surface area contributed by atoms with Crippen molar-refractivity contribution in [3.05, 3.63) is 62.3 Å². The molecule has 1 aromatic carbocycles. The molecule has 0 unspecified atom stereocenters. The summed E-state index contributed by atoms with van der Waals surface area (Å²) in [6.07, 6.45) is 1.43. The van der Waals surface area contributed by atoms with Gasteiger partial charge in [0.2, 0.25) is 0 Å². The standard InChI is InChI=1S/C14H10Br2N2O3/c15-9-2-3-10(11(16)5-9)13(19)18-7-8-1-4-12(14(20)21)17-6-8/h1-6H,7H2,(H,18,19)(H,20,21). The number of aromatic carboxylic acids is 1. The van der Waals surface area contributed by atoms with E-state index in [-0.39, 0.29) is 18.1 Å². The molecule has 21 heavy (non-hydrogen) atoms. The number of aromatic nitrogens is 1. The van der Waals surface area contributed by atoms with Crippen LogP contribution in [-0.4, -0.2) is 22.0 Å². The quantitative estimate of drug-likeness (QED) is 0.806. The van der Waals surface area contributed by atoms with Crippen LogP contribution in [0, 0.1) is 0 Å². The molecule has 0 aliphatic rings. The summed E-state index contributed by atoms with van der Waals surface area (Å²) >= 11 is 6.65. The Kier molecular flexibility index (Phi) is 5.08. The van der Waals surface area contributed by atoms with Gasteiger partial charge >= 0.3 is 5.97 Å². The van der Waals surface area contributed by atoms with Gasteiger partial charge in [-0.3, -0.25) is 4.79 Å². The predicted molar refractivity (Wildman–Crippen MR) is 84.2 cm³/mol. The van der Waals surface area contributed by atoms with Crippen molar-refractivity contribution in [2.24, 2.45) is 0 Å². The molecule has 0 saturated heterocycles. The molecule has 108 valence electrons. The van der Waals surface area contributed by atoms with Crippen molar-refractivity contribution < 1.29 is 14.7 Å². The zero-order chi connectivity index (χ0) is 15.4. The van der Waals surface area contributed by atoms with Gasteiger partial charge in [-0.15, -0.1) is 0 Å². The Morgan fingerprint density at radius 3 is 2.52 bits per heavy atom. The van der Waals surface area contributed by atoms with E-state index >= 15 is 0 Å². The summed E-state index contributed by atoms with van der Waals surface area (Å²) in [5.74, 6) is -1.30. The van der Waals surface area contributed by atoms with Gasteiger partial charge in [-0.05, 0) is 45.8 Å². The Hall–Kier alpha value is -1.73. The Morgan fingerprint density at radius 2 is 1.95 bits per heavy atom. The average Bonchev–Trinajstić information content (AvgIpc) is 2.45. The van der Waals surface area contributed by atoms with Crippen molar-refractivity contribution >= 4 is 43.7 Å². The highest BCUT2D eigenvalue weighted by Crippen LogP contribution is 2.21. The third-order valence-electron chi connectivity index (χ3n) is 2.67. The van der Waals surface area contributed by atoms with Crippen molar-refractivity contribution in [3.63, 3.8) is 0 Å². The van der Waals surface area contributed by atoms with E-state index in [2.05, 4.69) is 42.2 Å². The second-order valence-electron chi connectivity index (χ2n) is 4.16. The SMILES string of the molecule is O=C(O)c1ccc(CNC(=O)c2ccc(Br)cc2Br)cn1. The van der Waals surface area contributed by atoms with Crippen LogP contribution in [0.3, 0.4) is 0 Å². The summed E-state index contributed by atoms with van der Waals surface area (Å²) in [5.41, 5.74) is 1.22. The second kappa shape index (κ2) is 6.82. The van der Waals surface area contributed by atoms with Gasteiger partial charge in [0.25, 0.3) is 5.91 Å². The fourth-order valence-electron chi connectivity index (χ4n) is 1.61. The lowest BCUT2D eigenvalue weighted by molar-refractivity contribution is 0.0690. The van der Waals surface area contributed by atoms with E-state index in [1.807, 2.05) is 0 Å². The number of halogens is 2. The van der Waals surface area contributed by atoms with E-state index in [0.29, 0.717) is 10.0 Å². The molecular weight excluding hydrogens is 404 g/mol. The first-order valence-electron chi connectivity index (χ1n) is 5.89. The van der Waals surface area contributed by atoms with Gasteiger partial charge in [-0.1, -0.05) is 22.0 Å². The van der Waals surface area contributed by atoms with Crippen LogP contribution in [0.1, 0.15) is 26.4 Å². The number of benzene rings is 1. The van der Waals surface area contributed by atoms with Crippen LogP contribution < -0.4 is 5.32 Å². The van der Waals surface area contributed by atoms with Gasteiger partial charge in [0.05, 0.1) is 5.56 Å². The van der Waals surface area contributed by atoms with Gasteiger partial charge in [-0.25, -0.2) is 9.78 Å². The van der Waals surface area contributed by atoms with E-state index in [0.717, 1.165) is 10.0 Å². The lowest BCUT2D eigenvalue weighted by Crippen LogP contribution is -2.23. The predicted octanol–water partition coefficient (Wildman–Crippen LogP) is 3.23. The molecule has 2 aromatic rings. The molecule has 0 saturated carbocycles. The number of carbonyl (C=O) groups is 2. The minimum absolute atomic E-state index is 0.0271. The van der Waals surface area contributed by atoms with Crippen LogP contribution in [0.2, 0.25) is 0 Å². The van der Waals surface area contributed by atoms with E-state index in [1.165, 1.54) is 12.3 Å². The summed E-state index contributed by atoms with van der Waals surface area (Å²) < 4.78 is 1.56. The molecule has 0 atom stereocenters. The maximum atomic E-state index is 12.1. The molecule has 1 heterocycles. The van der Waals surface area contributed by atoms with Crippen molar-refractivity contribution in [2.45, 2.75) is 6.54 Å². The lowest BCUT2D eigenvalue weighted by Gasteiger charge is -2.07. The van der Waals surface area contributed by atoms with Crippen molar-refractivity contribution in [2.75, 3.05) is 0 Å². The normalized spacial score (nSPS) is 10.2. The number of hydrogen-bond donors (Lipinski definition) is 2. The highest BCUT2D eigenvalue weighted by atomic mass is 79.9. The van der Waals surface area contributed by atoms with Gasteiger partial charge in [0.1, 0.15) is 5.69 Å². The number of carboxylic acid groups (broad SMARTS) is 1. The molecule has 7 heteroatoms. The van der Waals surface area contributed by atoms with E-state index in [4.69, 9.17) is 5.11 Å². The monoisotopic (exact) mass is 412 g/mol. The van der Waals surface area contributed by atoms with Crippen molar-refractivity contribution in [1.29, 1.82) is 0 Å². The molecule has 0 aliphatic heterocycles. The minimum atomic E-state index is -1.08. The first kappa shape index (κ1) is 15.7. The van der Waals surface area contributed by atoms with Gasteiger partial charge < -0.3 is 10.4 Å². The average molecular weight is 414 g/mol. The summed E-state index contributed by atoms with van der Waals surface area (Å²) in [6.45, 7) is 0.272. The first-order chi connectivity index (χ1) is 9.97. The number of nitrogens with zero attached hydrogens (tertiary/aromatic N) is 1. The molecule has 0 fully saturated rings. The molecule has 2 rings (SSSR count). The van der Waals surface area contributed by atoms with Gasteiger partial charge in [0.15, 0.2) is 0 Å². The number of pyridine rings is 1. The number of hydrogen-bond acceptors (Lipinski definition) is 3. The largest absolute Gasteiger partial charge is 0.477 e. The third kappa shape index (κ3) is 4.12. The fourth-order valence-corrected chi connectivity index (χ4v) is 2.83. The number of amides is 1. The molecule has 0 spiro atoms. The lowest BCUT2D eigenvalue weighted by atomic mass is 10.2. The van der Waals surface area contributed by atoms with Crippen LogP contribution >= 0.6 is 31.9 Å². The summed E-state index contributed by atoms with van der Waals surface area (Å²) in [5, 5.41) is 11.5. The number of carbonyl (C=O) groups excluding carboxylic acids is 1. The molecule has 0 bridgehead atoms. The van der Waals surface area contributed by atoms with Gasteiger partial charge in [-0.2, -0.15) is 0 Å². The number of rotatable bonds is 4. The zero-order valence-corrected chi connectivity index (χ0v) is 13.8. The van der Waals surface area contributed by atoms with Crippen LogP contribution in [0.25, 0.3) is 0 Å². The number of nitrogens with one attached hydrogen (secondary N) is 1. The molecule has 5 nitrogen and oxygen atoms in total. The van der Waals surface area contributed by atoms with E-state index in [9.17, 15) is 9.59 Å². The third-order valence-corrected chi connectivity index (χ3v) is 3.82. The maximum absolute atomic E-state index is 12.1. The van der Waals surface area contributed by atoms with Gasteiger partial charge in [0, 0.05) is 21.7 Å². The Balaban J connectivity index is 2.02. The molecule has 0 aliphatic carbocycles. The molecule has 1 aromatic heterocycles. The van der Waals surface area contributed by atoms with Crippen LogP contribution in [0.4, 0.5) is 0 Å².